The van der Waals surface area contributed by atoms with Gasteiger partial charge in [-0.3, -0.25) is 9.59 Å². The first kappa shape index (κ1) is 17.3. The van der Waals surface area contributed by atoms with Crippen LogP contribution in [-0.4, -0.2) is 11.8 Å². The molecule has 7 heteroatoms. The van der Waals surface area contributed by atoms with Crippen molar-refractivity contribution in [2.75, 3.05) is 10.6 Å². The summed E-state index contributed by atoms with van der Waals surface area (Å²) in [4.78, 5) is 23.2. The summed E-state index contributed by atoms with van der Waals surface area (Å²) < 4.78 is 0. The second-order valence-electron chi connectivity index (χ2n) is 4.90. The fourth-order valence-corrected chi connectivity index (χ4v) is 1.88. The summed E-state index contributed by atoms with van der Waals surface area (Å²) in [6.07, 6.45) is 1.29. The van der Waals surface area contributed by atoms with E-state index in [2.05, 4.69) is 10.6 Å². The molecule has 2 aromatic rings. The molecule has 0 radical (unpaired) electrons. The van der Waals surface area contributed by atoms with Crippen LogP contribution in [-0.2, 0) is 0 Å². The molecule has 0 aliphatic heterocycles. The zero-order valence-electron chi connectivity index (χ0n) is 13.0. The number of primary amides is 1. The average Bonchev–Trinajstić information content (AvgIpc) is 2.63. The van der Waals surface area contributed by atoms with E-state index in [4.69, 9.17) is 16.3 Å². The number of amides is 2. The van der Waals surface area contributed by atoms with E-state index >= 15 is 0 Å². The van der Waals surface area contributed by atoms with E-state index in [1.807, 2.05) is 0 Å². The maximum atomic E-state index is 12.2. The molecule has 0 atom stereocenters. The second kappa shape index (κ2) is 7.95. The first-order valence-corrected chi connectivity index (χ1v) is 7.11. The van der Waals surface area contributed by atoms with Crippen LogP contribution in [0.5, 0.6) is 0 Å². The van der Waals surface area contributed by atoms with Gasteiger partial charge in [0.25, 0.3) is 5.91 Å². The molecule has 0 saturated heterocycles. The van der Waals surface area contributed by atoms with E-state index in [-0.39, 0.29) is 11.5 Å². The van der Waals surface area contributed by atoms with E-state index in [9.17, 15) is 9.59 Å². The van der Waals surface area contributed by atoms with Crippen LogP contribution in [0.4, 0.5) is 11.4 Å². The fourth-order valence-electron chi connectivity index (χ4n) is 1.88. The molecule has 7 nitrogen and oxygen atoms in total. The third-order valence-corrected chi connectivity index (χ3v) is 3.20. The molecule has 2 amide bonds. The predicted octanol–water partition coefficient (Wildman–Crippen LogP) is 2.38. The number of benzene rings is 2. The minimum atomic E-state index is -0.536. The van der Waals surface area contributed by atoms with Gasteiger partial charge in [0.15, 0.2) is 0 Å². The Hall–Kier alpha value is -4.10. The summed E-state index contributed by atoms with van der Waals surface area (Å²) in [5.41, 5.74) is 7.05. The highest BCUT2D eigenvalue weighted by molar-refractivity contribution is 6.04. The number of carbonyl (C=O) groups excluding carboxylic acids is 2. The molecule has 0 fully saturated rings. The third kappa shape index (κ3) is 4.68. The van der Waals surface area contributed by atoms with Gasteiger partial charge >= 0.3 is 0 Å². The van der Waals surface area contributed by atoms with Gasteiger partial charge in [-0.1, -0.05) is 0 Å². The van der Waals surface area contributed by atoms with Crippen LogP contribution >= 0.6 is 0 Å². The monoisotopic (exact) mass is 331 g/mol. The lowest BCUT2D eigenvalue weighted by molar-refractivity contribution is 0.0998. The number of allylic oxidation sites excluding steroid dienone is 1. The number of nitrogens with one attached hydrogen (secondary N) is 2. The molecule has 2 aromatic carbocycles. The van der Waals surface area contributed by atoms with Crippen molar-refractivity contribution in [1.29, 1.82) is 10.5 Å². The number of rotatable bonds is 5. The fraction of sp³-hybridized carbons (Fsp3) is 0. The van der Waals surface area contributed by atoms with E-state index in [0.29, 0.717) is 22.5 Å². The van der Waals surface area contributed by atoms with Gasteiger partial charge in [0.05, 0.1) is 0 Å². The van der Waals surface area contributed by atoms with Crippen molar-refractivity contribution in [2.24, 2.45) is 5.73 Å². The van der Waals surface area contributed by atoms with Crippen molar-refractivity contribution in [1.82, 2.24) is 0 Å². The average molecular weight is 331 g/mol. The second-order valence-corrected chi connectivity index (χ2v) is 4.90. The van der Waals surface area contributed by atoms with E-state index < -0.39 is 5.91 Å². The third-order valence-electron chi connectivity index (χ3n) is 3.20. The van der Waals surface area contributed by atoms with Crippen molar-refractivity contribution in [3.8, 4) is 12.1 Å². The lowest BCUT2D eigenvalue weighted by atomic mass is 10.1. The van der Waals surface area contributed by atoms with Crippen LogP contribution in [0.3, 0.4) is 0 Å². The Balaban J connectivity index is 2.03. The summed E-state index contributed by atoms with van der Waals surface area (Å²) >= 11 is 0. The van der Waals surface area contributed by atoms with Crippen LogP contribution in [0.2, 0.25) is 0 Å². The molecule has 0 saturated carbocycles. The molecule has 0 aliphatic carbocycles. The summed E-state index contributed by atoms with van der Waals surface area (Å²) in [6.45, 7) is 0. The predicted molar refractivity (Wildman–Crippen MR) is 92.3 cm³/mol. The molecule has 0 aliphatic rings. The van der Waals surface area contributed by atoms with Crippen molar-refractivity contribution in [3.05, 3.63) is 71.4 Å². The van der Waals surface area contributed by atoms with Gasteiger partial charge in [0.1, 0.15) is 17.7 Å². The molecule has 2 rings (SSSR count). The molecule has 0 heterocycles. The molecular weight excluding hydrogens is 318 g/mol. The first-order valence-electron chi connectivity index (χ1n) is 7.11. The topological polar surface area (TPSA) is 132 Å². The molecule has 25 heavy (non-hydrogen) atoms. The highest BCUT2D eigenvalue weighted by atomic mass is 16.2. The molecular formula is C18H13N5O2. The molecule has 0 unspecified atom stereocenters. The van der Waals surface area contributed by atoms with Crippen LogP contribution in [0.1, 0.15) is 20.7 Å². The van der Waals surface area contributed by atoms with Gasteiger partial charge in [0, 0.05) is 28.7 Å². The standard InChI is InChI=1S/C18H13N5O2/c19-9-12(10-20)11-22-15-5-3-14(4-6-15)18(25)23-16-7-1-13(2-8-16)17(21)24/h1-8,11,22H,(H2,21,24)(H,23,25). The number of anilines is 2. The largest absolute Gasteiger partial charge is 0.366 e. The van der Waals surface area contributed by atoms with Crippen molar-refractivity contribution < 1.29 is 9.59 Å². The number of carbonyl (C=O) groups is 2. The maximum absolute atomic E-state index is 12.2. The highest BCUT2D eigenvalue weighted by Crippen LogP contribution is 2.14. The Bertz CT molecular complexity index is 884. The normalized spacial score (nSPS) is 9.20. The van der Waals surface area contributed by atoms with E-state index in [1.165, 1.54) is 18.3 Å². The zero-order chi connectivity index (χ0) is 18.2. The number of hydrogen-bond donors (Lipinski definition) is 3. The van der Waals surface area contributed by atoms with Crippen molar-refractivity contribution in [3.63, 3.8) is 0 Å². The van der Waals surface area contributed by atoms with Gasteiger partial charge in [-0.15, -0.1) is 0 Å². The lowest BCUT2D eigenvalue weighted by Crippen LogP contribution is -2.13. The Morgan fingerprint density at radius 3 is 1.92 bits per heavy atom. The summed E-state index contributed by atoms with van der Waals surface area (Å²) in [5, 5.41) is 22.8. The molecule has 0 bridgehead atoms. The molecule has 0 aromatic heterocycles. The summed E-state index contributed by atoms with van der Waals surface area (Å²) in [5.74, 6) is -0.852. The van der Waals surface area contributed by atoms with Gasteiger partial charge in [-0.05, 0) is 48.5 Å². The summed E-state index contributed by atoms with van der Waals surface area (Å²) in [6, 6.07) is 16.2. The quantitative estimate of drug-likeness (QED) is 0.724. The summed E-state index contributed by atoms with van der Waals surface area (Å²) in [7, 11) is 0. The van der Waals surface area contributed by atoms with Gasteiger partial charge in [-0.25, -0.2) is 0 Å². The van der Waals surface area contributed by atoms with Crippen LogP contribution in [0.25, 0.3) is 0 Å². The Labute approximate surface area is 144 Å². The van der Waals surface area contributed by atoms with Crippen LogP contribution in [0.15, 0.2) is 60.3 Å². The van der Waals surface area contributed by atoms with Gasteiger partial charge in [0.2, 0.25) is 5.91 Å². The van der Waals surface area contributed by atoms with Crippen molar-refractivity contribution >= 4 is 23.2 Å². The molecule has 122 valence electrons. The number of nitriles is 2. The Kier molecular flexibility index (Phi) is 5.49. The zero-order valence-corrected chi connectivity index (χ0v) is 13.0. The minimum Gasteiger partial charge on any atom is -0.366 e. The minimum absolute atomic E-state index is 0.0544. The first-order chi connectivity index (χ1) is 12.0. The number of nitrogens with two attached hydrogens (primary N) is 1. The van der Waals surface area contributed by atoms with Gasteiger partial charge < -0.3 is 16.4 Å². The van der Waals surface area contributed by atoms with Crippen molar-refractivity contribution in [2.45, 2.75) is 0 Å². The van der Waals surface area contributed by atoms with Crippen LogP contribution in [0, 0.1) is 22.7 Å². The van der Waals surface area contributed by atoms with E-state index in [0.717, 1.165) is 0 Å². The smallest absolute Gasteiger partial charge is 0.255 e. The number of hydrogen-bond acceptors (Lipinski definition) is 5. The highest BCUT2D eigenvalue weighted by Gasteiger charge is 2.07. The van der Waals surface area contributed by atoms with Crippen LogP contribution < -0.4 is 16.4 Å². The SMILES string of the molecule is N#CC(C#N)=CNc1ccc(C(=O)Nc2ccc(C(N)=O)cc2)cc1. The molecule has 0 spiro atoms. The van der Waals surface area contributed by atoms with Gasteiger partial charge in [-0.2, -0.15) is 10.5 Å². The van der Waals surface area contributed by atoms with E-state index in [1.54, 1.807) is 48.5 Å². The lowest BCUT2D eigenvalue weighted by Gasteiger charge is -2.07. The molecule has 4 N–H and O–H groups in total. The Morgan fingerprint density at radius 2 is 1.40 bits per heavy atom. The number of nitrogens with zero attached hydrogens (tertiary/aromatic N) is 2. The maximum Gasteiger partial charge on any atom is 0.255 e. The Morgan fingerprint density at radius 1 is 0.880 bits per heavy atom.